The Kier molecular flexibility index (Phi) is 5.30. The molecular formula is C10H16O2. The molecule has 0 saturated heterocycles. The van der Waals surface area contributed by atoms with E-state index in [0.29, 0.717) is 0 Å². The minimum atomic E-state index is -0.343. The van der Waals surface area contributed by atoms with Crippen molar-refractivity contribution in [2.24, 2.45) is 5.92 Å². The van der Waals surface area contributed by atoms with Crippen molar-refractivity contribution in [3.05, 3.63) is 23.8 Å². The number of aldehydes is 1. The molecule has 1 N–H and O–H groups in total. The molecule has 0 bridgehead atoms. The topological polar surface area (TPSA) is 37.3 Å². The van der Waals surface area contributed by atoms with Gasteiger partial charge in [0.05, 0.1) is 6.10 Å². The Labute approximate surface area is 73.6 Å². The van der Waals surface area contributed by atoms with Crippen molar-refractivity contribution in [1.29, 1.82) is 0 Å². The molecule has 0 aromatic carbocycles. The molecular weight excluding hydrogens is 152 g/mol. The van der Waals surface area contributed by atoms with Crippen molar-refractivity contribution in [2.75, 3.05) is 0 Å². The predicted octanol–water partition coefficient (Wildman–Crippen LogP) is 1.70. The molecule has 0 unspecified atom stereocenters. The van der Waals surface area contributed by atoms with E-state index in [9.17, 15) is 4.79 Å². The number of carbonyl (C=O) groups is 1. The Morgan fingerprint density at radius 2 is 2.00 bits per heavy atom. The monoisotopic (exact) mass is 168 g/mol. The fourth-order valence-electron chi connectivity index (χ4n) is 0.801. The van der Waals surface area contributed by atoms with Crippen LogP contribution in [0.5, 0.6) is 0 Å². The lowest BCUT2D eigenvalue weighted by atomic mass is 10.0. The van der Waals surface area contributed by atoms with Crippen molar-refractivity contribution in [3.63, 3.8) is 0 Å². The number of aliphatic hydroxyl groups is 1. The Bertz CT molecular complexity index is 190. The zero-order valence-electron chi connectivity index (χ0n) is 7.82. The maximum atomic E-state index is 9.97. The summed E-state index contributed by atoms with van der Waals surface area (Å²) in [6, 6.07) is 0. The highest BCUT2D eigenvalue weighted by Gasteiger charge is 2.03. The van der Waals surface area contributed by atoms with E-state index in [1.165, 1.54) is 6.08 Å². The highest BCUT2D eigenvalue weighted by molar-refractivity contribution is 5.65. The van der Waals surface area contributed by atoms with Crippen LogP contribution in [0.1, 0.15) is 20.8 Å². The van der Waals surface area contributed by atoms with Gasteiger partial charge in [0, 0.05) is 5.92 Å². The third-order valence-corrected chi connectivity index (χ3v) is 1.72. The molecule has 12 heavy (non-hydrogen) atoms. The minimum absolute atomic E-state index is 0.126. The number of aliphatic hydroxyl groups excluding tert-OH is 1. The maximum absolute atomic E-state index is 9.97. The number of carbonyl (C=O) groups excluding carboxylic acids is 1. The average molecular weight is 168 g/mol. The number of hydrogen-bond donors (Lipinski definition) is 1. The zero-order chi connectivity index (χ0) is 9.56. The number of hydrogen-bond acceptors (Lipinski definition) is 2. The van der Waals surface area contributed by atoms with E-state index in [4.69, 9.17) is 5.11 Å². The molecule has 2 nitrogen and oxygen atoms in total. The lowest BCUT2D eigenvalue weighted by molar-refractivity contribution is -0.104. The summed E-state index contributed by atoms with van der Waals surface area (Å²) in [7, 11) is 0. The second kappa shape index (κ2) is 5.72. The van der Waals surface area contributed by atoms with Crippen LogP contribution in [0.4, 0.5) is 0 Å². The SMILES string of the molecule is CC(=C/[C@@H](C)[C@@H](C)O)/C=C/C=O. The van der Waals surface area contributed by atoms with Gasteiger partial charge in [0.15, 0.2) is 0 Å². The van der Waals surface area contributed by atoms with E-state index < -0.39 is 0 Å². The Hall–Kier alpha value is -0.890. The normalized spacial score (nSPS) is 17.8. The van der Waals surface area contributed by atoms with Gasteiger partial charge in [-0.15, -0.1) is 0 Å². The van der Waals surface area contributed by atoms with Crippen molar-refractivity contribution in [1.82, 2.24) is 0 Å². The third-order valence-electron chi connectivity index (χ3n) is 1.72. The highest BCUT2D eigenvalue weighted by atomic mass is 16.3. The van der Waals surface area contributed by atoms with Gasteiger partial charge < -0.3 is 5.11 Å². The van der Waals surface area contributed by atoms with E-state index in [1.54, 1.807) is 13.0 Å². The molecule has 68 valence electrons. The summed E-state index contributed by atoms with van der Waals surface area (Å²) in [5.74, 6) is 0.126. The van der Waals surface area contributed by atoms with Crippen molar-refractivity contribution < 1.29 is 9.90 Å². The maximum Gasteiger partial charge on any atom is 0.142 e. The van der Waals surface area contributed by atoms with Gasteiger partial charge in [0.25, 0.3) is 0 Å². The second-order valence-electron chi connectivity index (χ2n) is 3.01. The first-order valence-electron chi connectivity index (χ1n) is 4.06. The first-order chi connectivity index (χ1) is 5.57. The third kappa shape index (κ3) is 4.85. The Morgan fingerprint density at radius 1 is 1.42 bits per heavy atom. The second-order valence-corrected chi connectivity index (χ2v) is 3.01. The summed E-state index contributed by atoms with van der Waals surface area (Å²) in [5.41, 5.74) is 0.996. The summed E-state index contributed by atoms with van der Waals surface area (Å²) >= 11 is 0. The van der Waals surface area contributed by atoms with Gasteiger partial charge in [-0.3, -0.25) is 4.79 Å². The van der Waals surface area contributed by atoms with Gasteiger partial charge >= 0.3 is 0 Å². The average Bonchev–Trinajstić information content (AvgIpc) is 2.00. The summed E-state index contributed by atoms with van der Waals surface area (Å²) in [5, 5.41) is 9.16. The van der Waals surface area contributed by atoms with Crippen LogP contribution < -0.4 is 0 Å². The molecule has 0 aliphatic carbocycles. The molecule has 0 aliphatic rings. The summed E-state index contributed by atoms with van der Waals surface area (Å²) in [6.07, 6.45) is 5.51. The van der Waals surface area contributed by atoms with Crippen LogP contribution >= 0.6 is 0 Å². The van der Waals surface area contributed by atoms with Gasteiger partial charge in [0.2, 0.25) is 0 Å². The molecule has 0 aromatic rings. The van der Waals surface area contributed by atoms with Gasteiger partial charge in [-0.05, 0) is 19.9 Å². The zero-order valence-corrected chi connectivity index (χ0v) is 7.82. The van der Waals surface area contributed by atoms with E-state index in [1.807, 2.05) is 19.9 Å². The molecule has 0 rings (SSSR count). The molecule has 0 radical (unpaired) electrons. The smallest absolute Gasteiger partial charge is 0.142 e. The van der Waals surface area contributed by atoms with E-state index in [2.05, 4.69) is 0 Å². The lowest BCUT2D eigenvalue weighted by Crippen LogP contribution is -2.10. The van der Waals surface area contributed by atoms with Crippen LogP contribution in [-0.2, 0) is 4.79 Å². The van der Waals surface area contributed by atoms with Crippen molar-refractivity contribution >= 4 is 6.29 Å². The molecule has 0 spiro atoms. The molecule has 2 atom stereocenters. The molecule has 0 fully saturated rings. The first kappa shape index (κ1) is 11.1. The first-order valence-corrected chi connectivity index (χ1v) is 4.06. The molecule has 0 saturated carbocycles. The van der Waals surface area contributed by atoms with E-state index in [0.717, 1.165) is 11.9 Å². The molecule has 0 amide bonds. The fraction of sp³-hybridized carbons (Fsp3) is 0.500. The summed E-state index contributed by atoms with van der Waals surface area (Å²) in [4.78, 5) is 9.97. The van der Waals surface area contributed by atoms with Crippen molar-refractivity contribution in [3.8, 4) is 0 Å². The molecule has 0 heterocycles. The fourth-order valence-corrected chi connectivity index (χ4v) is 0.801. The molecule has 0 aromatic heterocycles. The molecule has 0 aliphatic heterocycles. The number of rotatable bonds is 4. The number of allylic oxidation sites excluding steroid dienone is 3. The van der Waals surface area contributed by atoms with Crippen LogP contribution in [0.3, 0.4) is 0 Å². The minimum Gasteiger partial charge on any atom is -0.393 e. The van der Waals surface area contributed by atoms with Crippen LogP contribution in [0.2, 0.25) is 0 Å². The summed E-state index contributed by atoms with van der Waals surface area (Å²) < 4.78 is 0. The summed E-state index contributed by atoms with van der Waals surface area (Å²) in [6.45, 7) is 5.58. The predicted molar refractivity (Wildman–Crippen MR) is 49.8 cm³/mol. The van der Waals surface area contributed by atoms with Gasteiger partial charge in [-0.2, -0.15) is 0 Å². The van der Waals surface area contributed by atoms with Gasteiger partial charge in [-0.1, -0.05) is 24.6 Å². The lowest BCUT2D eigenvalue weighted by Gasteiger charge is -2.09. The largest absolute Gasteiger partial charge is 0.393 e. The van der Waals surface area contributed by atoms with Gasteiger partial charge in [-0.25, -0.2) is 0 Å². The Balaban J connectivity index is 4.15. The van der Waals surface area contributed by atoms with Gasteiger partial charge in [0.1, 0.15) is 6.29 Å². The Morgan fingerprint density at radius 3 is 2.42 bits per heavy atom. The standard InChI is InChI=1S/C10H16O2/c1-8(5-4-6-11)7-9(2)10(3)12/h4-7,9-10,12H,1-3H3/b5-4+,8-7-/t9-,10-/m1/s1. The van der Waals surface area contributed by atoms with Crippen LogP contribution in [0.15, 0.2) is 23.8 Å². The highest BCUT2D eigenvalue weighted by Crippen LogP contribution is 2.07. The van der Waals surface area contributed by atoms with Crippen LogP contribution in [0, 0.1) is 5.92 Å². The van der Waals surface area contributed by atoms with Crippen LogP contribution in [-0.4, -0.2) is 17.5 Å². The van der Waals surface area contributed by atoms with Crippen molar-refractivity contribution in [2.45, 2.75) is 26.9 Å². The van der Waals surface area contributed by atoms with E-state index in [-0.39, 0.29) is 12.0 Å². The van der Waals surface area contributed by atoms with Crippen LogP contribution in [0.25, 0.3) is 0 Å². The van der Waals surface area contributed by atoms with E-state index >= 15 is 0 Å². The quantitative estimate of drug-likeness (QED) is 0.394. The molecule has 2 heteroatoms.